The van der Waals surface area contributed by atoms with Crippen LogP contribution in [0.15, 0.2) is 72.8 Å². The molecule has 0 unspecified atom stereocenters. The Morgan fingerprint density at radius 3 is 2.48 bits per heavy atom. The SMILES string of the molecule is COCc1ccc(C(=O)N2CCNC(=O)[C@@H](Cc3ccccc3-c3ccc(C)cc3)C2)cc1. The standard InChI is InChI=1S/C28H30N2O3/c1-20-7-11-22(12-8-20)26-6-4-3-5-24(26)17-25-18-30(16-15-29-27(25)31)28(32)23-13-9-21(10-14-23)19-33-2/h3-14,25H,15-19H2,1-2H3,(H,29,31)/t25-/m0/s1. The molecule has 170 valence electrons. The summed E-state index contributed by atoms with van der Waals surface area (Å²) in [4.78, 5) is 27.9. The average molecular weight is 443 g/mol. The highest BCUT2D eigenvalue weighted by Gasteiger charge is 2.29. The van der Waals surface area contributed by atoms with Crippen molar-refractivity contribution in [3.05, 3.63) is 95.1 Å². The summed E-state index contributed by atoms with van der Waals surface area (Å²) in [5.74, 6) is -0.359. The number of hydrogen-bond donors (Lipinski definition) is 1. The summed E-state index contributed by atoms with van der Waals surface area (Å²) in [5.41, 5.74) is 6.23. The third kappa shape index (κ3) is 5.49. The summed E-state index contributed by atoms with van der Waals surface area (Å²) in [5, 5.41) is 2.99. The molecule has 1 N–H and O–H groups in total. The maximum Gasteiger partial charge on any atom is 0.253 e. The largest absolute Gasteiger partial charge is 0.380 e. The normalized spacial score (nSPS) is 16.2. The van der Waals surface area contributed by atoms with E-state index in [9.17, 15) is 9.59 Å². The van der Waals surface area contributed by atoms with Gasteiger partial charge in [-0.25, -0.2) is 0 Å². The van der Waals surface area contributed by atoms with Crippen molar-refractivity contribution in [2.45, 2.75) is 20.0 Å². The molecule has 3 aromatic carbocycles. The Hall–Kier alpha value is -3.44. The van der Waals surface area contributed by atoms with E-state index in [0.717, 1.165) is 22.3 Å². The number of methoxy groups -OCH3 is 1. The van der Waals surface area contributed by atoms with Crippen LogP contribution in [0.25, 0.3) is 11.1 Å². The summed E-state index contributed by atoms with van der Waals surface area (Å²) >= 11 is 0. The molecule has 33 heavy (non-hydrogen) atoms. The number of carbonyl (C=O) groups excluding carboxylic acids is 2. The van der Waals surface area contributed by atoms with E-state index in [2.05, 4.69) is 48.6 Å². The number of amides is 2. The van der Waals surface area contributed by atoms with Crippen LogP contribution in [-0.2, 0) is 22.6 Å². The number of aryl methyl sites for hydroxylation is 1. The summed E-state index contributed by atoms with van der Waals surface area (Å²) in [6.07, 6.45) is 0.576. The van der Waals surface area contributed by atoms with Crippen LogP contribution in [0.4, 0.5) is 0 Å². The molecule has 0 saturated carbocycles. The molecule has 1 fully saturated rings. The molecular weight excluding hydrogens is 412 g/mol. The van der Waals surface area contributed by atoms with Gasteiger partial charge in [-0.15, -0.1) is 0 Å². The summed E-state index contributed by atoms with van der Waals surface area (Å²) in [6.45, 7) is 3.94. The molecule has 4 rings (SSSR count). The van der Waals surface area contributed by atoms with Gasteiger partial charge in [-0.2, -0.15) is 0 Å². The maximum absolute atomic E-state index is 13.2. The number of nitrogens with one attached hydrogen (secondary N) is 1. The minimum atomic E-state index is -0.309. The number of benzene rings is 3. The Balaban J connectivity index is 1.54. The Bertz CT molecular complexity index is 1110. The van der Waals surface area contributed by atoms with E-state index < -0.39 is 0 Å². The maximum atomic E-state index is 13.2. The van der Waals surface area contributed by atoms with Gasteiger partial charge >= 0.3 is 0 Å². The van der Waals surface area contributed by atoms with Crippen LogP contribution in [0.2, 0.25) is 0 Å². The van der Waals surface area contributed by atoms with Crippen LogP contribution >= 0.6 is 0 Å². The van der Waals surface area contributed by atoms with E-state index >= 15 is 0 Å². The van der Waals surface area contributed by atoms with Gasteiger partial charge in [0.1, 0.15) is 0 Å². The van der Waals surface area contributed by atoms with Crippen molar-refractivity contribution in [2.75, 3.05) is 26.7 Å². The number of hydrogen-bond acceptors (Lipinski definition) is 3. The highest BCUT2D eigenvalue weighted by atomic mass is 16.5. The quantitative estimate of drug-likeness (QED) is 0.621. The zero-order chi connectivity index (χ0) is 23.2. The number of carbonyl (C=O) groups is 2. The lowest BCUT2D eigenvalue weighted by Gasteiger charge is -2.24. The third-order valence-corrected chi connectivity index (χ3v) is 6.14. The summed E-state index contributed by atoms with van der Waals surface area (Å²) in [6, 6.07) is 24.1. The highest BCUT2D eigenvalue weighted by molar-refractivity contribution is 5.95. The molecule has 0 aliphatic carbocycles. The van der Waals surface area contributed by atoms with E-state index in [1.165, 1.54) is 5.56 Å². The second-order valence-electron chi connectivity index (χ2n) is 8.60. The molecule has 0 radical (unpaired) electrons. The first kappa shape index (κ1) is 22.7. The predicted octanol–water partition coefficient (Wildman–Crippen LogP) is 4.24. The van der Waals surface area contributed by atoms with Crippen molar-refractivity contribution in [3.8, 4) is 11.1 Å². The lowest BCUT2D eigenvalue weighted by molar-refractivity contribution is -0.124. The van der Waals surface area contributed by atoms with Crippen LogP contribution in [0.3, 0.4) is 0 Å². The fraction of sp³-hybridized carbons (Fsp3) is 0.286. The Kier molecular flexibility index (Phi) is 7.20. The third-order valence-electron chi connectivity index (χ3n) is 6.14. The lowest BCUT2D eigenvalue weighted by Crippen LogP contribution is -2.37. The summed E-state index contributed by atoms with van der Waals surface area (Å²) in [7, 11) is 1.65. The minimum Gasteiger partial charge on any atom is -0.380 e. The molecule has 5 nitrogen and oxygen atoms in total. The van der Waals surface area contributed by atoms with Crippen molar-refractivity contribution >= 4 is 11.8 Å². The Morgan fingerprint density at radius 1 is 1.03 bits per heavy atom. The van der Waals surface area contributed by atoms with Gasteiger partial charge in [0.15, 0.2) is 0 Å². The lowest BCUT2D eigenvalue weighted by atomic mass is 9.91. The van der Waals surface area contributed by atoms with Gasteiger partial charge in [-0.05, 0) is 47.7 Å². The van der Waals surface area contributed by atoms with Gasteiger partial charge in [-0.3, -0.25) is 9.59 Å². The van der Waals surface area contributed by atoms with E-state index in [0.29, 0.717) is 38.2 Å². The van der Waals surface area contributed by atoms with Crippen molar-refractivity contribution in [3.63, 3.8) is 0 Å². The fourth-order valence-corrected chi connectivity index (χ4v) is 4.31. The monoisotopic (exact) mass is 442 g/mol. The van der Waals surface area contributed by atoms with Crippen LogP contribution in [0.5, 0.6) is 0 Å². The van der Waals surface area contributed by atoms with Crippen LogP contribution in [0.1, 0.15) is 27.0 Å². The Labute approximate surface area is 195 Å². The zero-order valence-corrected chi connectivity index (χ0v) is 19.2. The molecule has 1 aliphatic rings. The zero-order valence-electron chi connectivity index (χ0n) is 19.2. The molecule has 1 heterocycles. The molecule has 5 heteroatoms. The first-order valence-corrected chi connectivity index (χ1v) is 11.3. The highest BCUT2D eigenvalue weighted by Crippen LogP contribution is 2.27. The number of rotatable bonds is 6. The molecule has 1 aliphatic heterocycles. The first-order valence-electron chi connectivity index (χ1n) is 11.3. The van der Waals surface area contributed by atoms with Crippen molar-refractivity contribution in [2.24, 2.45) is 5.92 Å². The molecule has 1 saturated heterocycles. The van der Waals surface area contributed by atoms with Crippen LogP contribution < -0.4 is 5.32 Å². The molecule has 0 spiro atoms. The molecule has 0 aromatic heterocycles. The van der Waals surface area contributed by atoms with Gasteiger partial charge < -0.3 is 15.0 Å². The molecule has 1 atom stereocenters. The second kappa shape index (κ2) is 10.5. The smallest absolute Gasteiger partial charge is 0.253 e. The van der Waals surface area contributed by atoms with Gasteiger partial charge in [-0.1, -0.05) is 66.2 Å². The van der Waals surface area contributed by atoms with Gasteiger partial charge in [0.2, 0.25) is 5.91 Å². The van der Waals surface area contributed by atoms with E-state index in [1.807, 2.05) is 36.4 Å². The molecular formula is C28H30N2O3. The molecule has 3 aromatic rings. The number of ether oxygens (including phenoxy) is 1. The minimum absolute atomic E-state index is 0.000508. The predicted molar refractivity (Wildman–Crippen MR) is 130 cm³/mol. The van der Waals surface area contributed by atoms with Crippen LogP contribution in [-0.4, -0.2) is 43.5 Å². The van der Waals surface area contributed by atoms with Gasteiger partial charge in [0, 0.05) is 32.3 Å². The Morgan fingerprint density at radius 2 is 1.76 bits per heavy atom. The summed E-state index contributed by atoms with van der Waals surface area (Å²) < 4.78 is 5.15. The topological polar surface area (TPSA) is 58.6 Å². The fourth-order valence-electron chi connectivity index (χ4n) is 4.31. The van der Waals surface area contributed by atoms with Crippen LogP contribution in [0, 0.1) is 12.8 Å². The van der Waals surface area contributed by atoms with Crippen molar-refractivity contribution in [1.29, 1.82) is 0 Å². The van der Waals surface area contributed by atoms with Gasteiger partial charge in [0.25, 0.3) is 5.91 Å². The molecule has 2 amide bonds. The van der Waals surface area contributed by atoms with E-state index in [1.54, 1.807) is 12.0 Å². The van der Waals surface area contributed by atoms with E-state index in [-0.39, 0.29) is 17.7 Å². The van der Waals surface area contributed by atoms with Gasteiger partial charge in [0.05, 0.1) is 12.5 Å². The first-order chi connectivity index (χ1) is 16.0. The average Bonchev–Trinajstić information content (AvgIpc) is 3.02. The molecule has 0 bridgehead atoms. The second-order valence-corrected chi connectivity index (χ2v) is 8.60. The number of nitrogens with zero attached hydrogens (tertiary/aromatic N) is 1. The van der Waals surface area contributed by atoms with Crippen molar-refractivity contribution in [1.82, 2.24) is 10.2 Å². The van der Waals surface area contributed by atoms with E-state index in [4.69, 9.17) is 4.74 Å². The van der Waals surface area contributed by atoms with Crippen molar-refractivity contribution < 1.29 is 14.3 Å².